The highest BCUT2D eigenvalue weighted by molar-refractivity contribution is 6.00. The number of fused-ring (bicyclic) bond motifs is 1. The van der Waals surface area contributed by atoms with E-state index < -0.39 is 5.97 Å². The van der Waals surface area contributed by atoms with Crippen LogP contribution in [0.1, 0.15) is 46.8 Å². The fourth-order valence-electron chi connectivity index (χ4n) is 4.08. The second kappa shape index (κ2) is 7.42. The number of nitrogens with one attached hydrogen (secondary N) is 1. The molecule has 2 aliphatic heterocycles. The molecule has 1 aromatic carbocycles. The molecule has 1 aromatic heterocycles. The van der Waals surface area contributed by atoms with Crippen LogP contribution in [0.15, 0.2) is 30.5 Å². The highest BCUT2D eigenvalue weighted by atomic mass is 16.4. The van der Waals surface area contributed by atoms with Gasteiger partial charge in [0.1, 0.15) is 6.54 Å². The van der Waals surface area contributed by atoms with E-state index in [9.17, 15) is 9.59 Å². The fourth-order valence-corrected chi connectivity index (χ4v) is 4.08. The zero-order valence-corrected chi connectivity index (χ0v) is 15.2. The molecule has 0 saturated carbocycles. The summed E-state index contributed by atoms with van der Waals surface area (Å²) < 4.78 is 1.44. The van der Waals surface area contributed by atoms with Crippen molar-refractivity contribution in [2.45, 2.75) is 38.1 Å². The Labute approximate surface area is 158 Å². The van der Waals surface area contributed by atoms with Gasteiger partial charge in [0.05, 0.1) is 16.9 Å². The van der Waals surface area contributed by atoms with E-state index in [2.05, 4.69) is 16.5 Å². The van der Waals surface area contributed by atoms with Crippen LogP contribution in [0.25, 0.3) is 0 Å². The van der Waals surface area contributed by atoms with Gasteiger partial charge >= 0.3 is 5.97 Å². The van der Waals surface area contributed by atoms with Crippen LogP contribution < -0.4 is 5.32 Å². The number of amides is 1. The van der Waals surface area contributed by atoms with Crippen molar-refractivity contribution in [3.05, 3.63) is 47.3 Å². The van der Waals surface area contributed by atoms with Gasteiger partial charge in [0.2, 0.25) is 0 Å². The first-order valence-corrected chi connectivity index (χ1v) is 9.52. The van der Waals surface area contributed by atoms with Crippen LogP contribution in [0.3, 0.4) is 0 Å². The molecule has 4 rings (SSSR count). The van der Waals surface area contributed by atoms with E-state index in [0.29, 0.717) is 6.54 Å². The molecule has 7 nitrogen and oxygen atoms in total. The highest BCUT2D eigenvalue weighted by Crippen LogP contribution is 2.30. The SMILES string of the molecule is O=C(O)Cn1ccc([C@H]2CCCN(C(=O)c3cccc4c3NCCC4)C2)n1. The molecule has 142 valence electrons. The van der Waals surface area contributed by atoms with Crippen molar-refractivity contribution in [2.24, 2.45) is 0 Å². The van der Waals surface area contributed by atoms with E-state index in [1.165, 1.54) is 10.2 Å². The number of hydrogen-bond acceptors (Lipinski definition) is 4. The molecular weight excluding hydrogens is 344 g/mol. The summed E-state index contributed by atoms with van der Waals surface area (Å²) in [6.07, 6.45) is 5.67. The minimum Gasteiger partial charge on any atom is -0.480 e. The van der Waals surface area contributed by atoms with E-state index in [0.717, 1.165) is 55.7 Å². The first kappa shape index (κ1) is 17.6. The minimum atomic E-state index is -0.911. The number of nitrogens with zero attached hydrogens (tertiary/aromatic N) is 3. The molecule has 2 aliphatic rings. The number of benzene rings is 1. The maximum Gasteiger partial charge on any atom is 0.325 e. The lowest BCUT2D eigenvalue weighted by molar-refractivity contribution is -0.137. The number of hydrogen-bond donors (Lipinski definition) is 2. The van der Waals surface area contributed by atoms with Gasteiger partial charge in [0, 0.05) is 31.7 Å². The van der Waals surface area contributed by atoms with Crippen LogP contribution in [-0.2, 0) is 17.8 Å². The lowest BCUT2D eigenvalue weighted by Crippen LogP contribution is -2.39. The smallest absolute Gasteiger partial charge is 0.325 e. The Morgan fingerprint density at radius 3 is 3.00 bits per heavy atom. The van der Waals surface area contributed by atoms with Gasteiger partial charge in [-0.15, -0.1) is 0 Å². The van der Waals surface area contributed by atoms with Crippen molar-refractivity contribution in [2.75, 3.05) is 25.0 Å². The Hall–Kier alpha value is -2.83. The number of carboxylic acids is 1. The minimum absolute atomic E-state index is 0.0657. The van der Waals surface area contributed by atoms with Crippen LogP contribution in [0.2, 0.25) is 0 Å². The monoisotopic (exact) mass is 368 g/mol. The van der Waals surface area contributed by atoms with Crippen molar-refractivity contribution < 1.29 is 14.7 Å². The average molecular weight is 368 g/mol. The number of para-hydroxylation sites is 1. The van der Waals surface area contributed by atoms with E-state index in [1.807, 2.05) is 23.1 Å². The number of aliphatic carboxylic acids is 1. The number of likely N-dealkylation sites (tertiary alicyclic amines) is 1. The van der Waals surface area contributed by atoms with Gasteiger partial charge in [-0.05, 0) is 43.4 Å². The van der Waals surface area contributed by atoms with Crippen molar-refractivity contribution in [3.8, 4) is 0 Å². The van der Waals surface area contributed by atoms with E-state index >= 15 is 0 Å². The summed E-state index contributed by atoms with van der Waals surface area (Å²) in [7, 11) is 0. The molecule has 0 aliphatic carbocycles. The van der Waals surface area contributed by atoms with Gasteiger partial charge < -0.3 is 15.3 Å². The summed E-state index contributed by atoms with van der Waals surface area (Å²) >= 11 is 0. The van der Waals surface area contributed by atoms with E-state index in [4.69, 9.17) is 5.11 Å². The third-order valence-corrected chi connectivity index (χ3v) is 5.39. The largest absolute Gasteiger partial charge is 0.480 e. The Morgan fingerprint density at radius 2 is 2.15 bits per heavy atom. The van der Waals surface area contributed by atoms with Gasteiger partial charge in [0.25, 0.3) is 5.91 Å². The number of carboxylic acid groups (broad SMARTS) is 1. The molecule has 1 atom stereocenters. The molecule has 2 N–H and O–H groups in total. The molecule has 1 amide bonds. The highest BCUT2D eigenvalue weighted by Gasteiger charge is 2.29. The fraction of sp³-hybridized carbons (Fsp3) is 0.450. The lowest BCUT2D eigenvalue weighted by atomic mass is 9.93. The number of aryl methyl sites for hydroxylation is 1. The number of rotatable bonds is 4. The van der Waals surface area contributed by atoms with Gasteiger partial charge in [-0.1, -0.05) is 12.1 Å². The molecule has 1 saturated heterocycles. The first-order chi connectivity index (χ1) is 13.1. The zero-order valence-electron chi connectivity index (χ0n) is 15.2. The van der Waals surface area contributed by atoms with Crippen molar-refractivity contribution in [1.82, 2.24) is 14.7 Å². The number of piperidine rings is 1. The lowest BCUT2D eigenvalue weighted by Gasteiger charge is -2.33. The van der Waals surface area contributed by atoms with Gasteiger partial charge in [0.15, 0.2) is 0 Å². The molecule has 1 fully saturated rings. The standard InChI is InChI=1S/C20H24N4O3/c25-18(26)13-24-11-8-17(22-24)15-6-3-10-23(12-15)20(27)16-7-1-4-14-5-2-9-21-19(14)16/h1,4,7-8,11,15,21H,2-3,5-6,9-10,12-13H2,(H,25,26)/t15-/m0/s1. The molecule has 27 heavy (non-hydrogen) atoms. The predicted octanol–water partition coefficient (Wildman–Crippen LogP) is 2.35. The summed E-state index contributed by atoms with van der Waals surface area (Å²) in [5.74, 6) is -0.701. The Balaban J connectivity index is 1.51. The van der Waals surface area contributed by atoms with Crippen LogP contribution in [0.5, 0.6) is 0 Å². The van der Waals surface area contributed by atoms with Crippen LogP contribution in [0, 0.1) is 0 Å². The average Bonchev–Trinajstić information content (AvgIpc) is 3.15. The Kier molecular flexibility index (Phi) is 4.83. The normalized spacial score (nSPS) is 19.3. The van der Waals surface area contributed by atoms with Gasteiger partial charge in [-0.2, -0.15) is 5.10 Å². The summed E-state index contributed by atoms with van der Waals surface area (Å²) in [5, 5.41) is 16.7. The molecule has 0 spiro atoms. The van der Waals surface area contributed by atoms with Crippen molar-refractivity contribution in [1.29, 1.82) is 0 Å². The van der Waals surface area contributed by atoms with Crippen LogP contribution >= 0.6 is 0 Å². The summed E-state index contributed by atoms with van der Waals surface area (Å²) in [5.41, 5.74) is 3.82. The Morgan fingerprint density at radius 1 is 1.26 bits per heavy atom. The molecular formula is C20H24N4O3. The summed E-state index contributed by atoms with van der Waals surface area (Å²) in [6.45, 7) is 2.12. The Bertz CT molecular complexity index is 861. The molecule has 7 heteroatoms. The molecule has 0 unspecified atom stereocenters. The summed E-state index contributed by atoms with van der Waals surface area (Å²) in [6, 6.07) is 7.83. The van der Waals surface area contributed by atoms with Crippen LogP contribution in [0.4, 0.5) is 5.69 Å². The zero-order chi connectivity index (χ0) is 18.8. The third kappa shape index (κ3) is 3.67. The maximum atomic E-state index is 13.2. The second-order valence-electron chi connectivity index (χ2n) is 7.29. The number of anilines is 1. The molecule has 0 bridgehead atoms. The van der Waals surface area contributed by atoms with E-state index in [-0.39, 0.29) is 18.4 Å². The number of carbonyl (C=O) groups excluding carboxylic acids is 1. The third-order valence-electron chi connectivity index (χ3n) is 5.39. The van der Waals surface area contributed by atoms with Gasteiger partial charge in [-0.3, -0.25) is 14.3 Å². The molecule has 3 heterocycles. The molecule has 0 radical (unpaired) electrons. The maximum absolute atomic E-state index is 13.2. The predicted molar refractivity (Wildman–Crippen MR) is 101 cm³/mol. The quantitative estimate of drug-likeness (QED) is 0.865. The topological polar surface area (TPSA) is 87.5 Å². The van der Waals surface area contributed by atoms with Crippen molar-refractivity contribution >= 4 is 17.6 Å². The van der Waals surface area contributed by atoms with Gasteiger partial charge in [-0.25, -0.2) is 0 Å². The second-order valence-corrected chi connectivity index (χ2v) is 7.29. The van der Waals surface area contributed by atoms with Crippen molar-refractivity contribution in [3.63, 3.8) is 0 Å². The molecule has 2 aromatic rings. The van der Waals surface area contributed by atoms with E-state index in [1.54, 1.807) is 6.20 Å². The first-order valence-electron chi connectivity index (χ1n) is 9.52. The summed E-state index contributed by atoms with van der Waals surface area (Å²) in [4.78, 5) is 25.9. The number of carbonyl (C=O) groups is 2. The van der Waals surface area contributed by atoms with Crippen LogP contribution in [-0.4, -0.2) is 51.3 Å². The number of aromatic nitrogens is 2.